The molecule has 8 heteroatoms. The zero-order chi connectivity index (χ0) is 22.3. The van der Waals surface area contributed by atoms with E-state index in [9.17, 15) is 4.79 Å². The van der Waals surface area contributed by atoms with Crippen molar-refractivity contribution in [3.8, 4) is 17.2 Å². The monoisotopic (exact) mass is 454 g/mol. The van der Waals surface area contributed by atoms with Crippen LogP contribution in [0.1, 0.15) is 33.0 Å². The number of methoxy groups -OCH3 is 1. The van der Waals surface area contributed by atoms with Crippen LogP contribution in [-0.4, -0.2) is 42.8 Å². The van der Waals surface area contributed by atoms with Crippen LogP contribution in [0.5, 0.6) is 17.2 Å². The highest BCUT2D eigenvalue weighted by Crippen LogP contribution is 2.33. The Morgan fingerprint density at radius 1 is 1.19 bits per heavy atom. The van der Waals surface area contributed by atoms with Gasteiger partial charge in [0, 0.05) is 31.2 Å². The van der Waals surface area contributed by atoms with Gasteiger partial charge in [-0.15, -0.1) is 11.3 Å². The Hall–Kier alpha value is -3.10. The molecule has 32 heavy (non-hydrogen) atoms. The van der Waals surface area contributed by atoms with Gasteiger partial charge in [0.15, 0.2) is 11.5 Å². The number of hydrogen-bond donors (Lipinski definition) is 0. The maximum atomic E-state index is 13.2. The molecule has 2 aromatic carbocycles. The number of fused-ring (bicyclic) bond motifs is 1. The quantitative estimate of drug-likeness (QED) is 0.422. The number of rotatable bonds is 10. The van der Waals surface area contributed by atoms with E-state index in [1.54, 1.807) is 30.2 Å². The van der Waals surface area contributed by atoms with Crippen LogP contribution in [0.2, 0.25) is 0 Å². The Bertz CT molecular complexity index is 1070. The van der Waals surface area contributed by atoms with Gasteiger partial charge in [0.2, 0.25) is 6.79 Å². The molecule has 0 spiro atoms. The number of carbonyl (C=O) groups excluding carboxylic acids is 1. The fourth-order valence-electron chi connectivity index (χ4n) is 3.41. The Balaban J connectivity index is 1.43. The molecule has 1 amide bonds. The molecule has 0 bridgehead atoms. The minimum atomic E-state index is -0.0786. The molecule has 7 nitrogen and oxygen atoms in total. The van der Waals surface area contributed by atoms with Gasteiger partial charge >= 0.3 is 0 Å². The lowest BCUT2D eigenvalue weighted by atomic mass is 10.1. The summed E-state index contributed by atoms with van der Waals surface area (Å²) in [7, 11) is 1.66. The van der Waals surface area contributed by atoms with E-state index in [1.165, 1.54) is 11.3 Å². The van der Waals surface area contributed by atoms with E-state index >= 15 is 0 Å². The number of aromatic nitrogens is 1. The topological polar surface area (TPSA) is 70.1 Å². The van der Waals surface area contributed by atoms with Crippen LogP contribution in [0.25, 0.3) is 0 Å². The number of para-hydroxylation sites is 1. The Morgan fingerprint density at radius 2 is 2.03 bits per heavy atom. The molecule has 1 aliphatic rings. The highest BCUT2D eigenvalue weighted by molar-refractivity contribution is 7.09. The van der Waals surface area contributed by atoms with E-state index in [-0.39, 0.29) is 12.7 Å². The van der Waals surface area contributed by atoms with Crippen LogP contribution < -0.4 is 14.2 Å². The van der Waals surface area contributed by atoms with Gasteiger partial charge in [-0.2, -0.15) is 0 Å². The van der Waals surface area contributed by atoms with Gasteiger partial charge in [-0.25, -0.2) is 4.98 Å². The van der Waals surface area contributed by atoms with Gasteiger partial charge in [-0.1, -0.05) is 18.2 Å². The van der Waals surface area contributed by atoms with Gasteiger partial charge in [0.05, 0.1) is 12.2 Å². The van der Waals surface area contributed by atoms with E-state index in [2.05, 4.69) is 4.98 Å². The SMILES string of the molecule is COCCCN(Cc1csc(COc2ccccc2C)n1)C(=O)c1ccc2c(c1)OCO2. The highest BCUT2D eigenvalue weighted by atomic mass is 32.1. The summed E-state index contributed by atoms with van der Waals surface area (Å²) in [4.78, 5) is 19.7. The summed E-state index contributed by atoms with van der Waals surface area (Å²) in [5.41, 5.74) is 2.48. The molecule has 0 fully saturated rings. The van der Waals surface area contributed by atoms with Crippen LogP contribution in [-0.2, 0) is 17.9 Å². The Kier molecular flexibility index (Phi) is 7.24. The molecule has 3 aromatic rings. The summed E-state index contributed by atoms with van der Waals surface area (Å²) in [6.07, 6.45) is 0.736. The van der Waals surface area contributed by atoms with Crippen LogP contribution >= 0.6 is 11.3 Å². The number of carbonyl (C=O) groups is 1. The van der Waals surface area contributed by atoms with Crippen LogP contribution in [0.15, 0.2) is 47.8 Å². The van der Waals surface area contributed by atoms with Crippen molar-refractivity contribution in [3.05, 3.63) is 69.7 Å². The molecule has 168 valence electrons. The molecule has 1 aliphatic heterocycles. The minimum Gasteiger partial charge on any atom is -0.486 e. The first kappa shape index (κ1) is 22.1. The van der Waals surface area contributed by atoms with Crippen LogP contribution in [0, 0.1) is 6.92 Å². The third kappa shape index (κ3) is 5.38. The standard InChI is InChI=1S/C24H26N2O5S/c1-17-6-3-4-7-20(17)29-14-23-25-19(15-32-23)13-26(10-5-11-28-2)24(27)18-8-9-21-22(12-18)31-16-30-21/h3-4,6-9,12,15H,5,10-11,13-14,16H2,1-2H3. The molecule has 1 aromatic heterocycles. The van der Waals surface area contributed by atoms with Crippen molar-refractivity contribution in [2.24, 2.45) is 0 Å². The fraction of sp³-hybridized carbons (Fsp3) is 0.333. The number of ether oxygens (including phenoxy) is 4. The first-order valence-electron chi connectivity index (χ1n) is 10.4. The lowest BCUT2D eigenvalue weighted by molar-refractivity contribution is 0.0721. The fourth-order valence-corrected chi connectivity index (χ4v) is 4.10. The lowest BCUT2D eigenvalue weighted by Gasteiger charge is -2.22. The Labute approximate surface area is 191 Å². The maximum absolute atomic E-state index is 13.2. The van der Waals surface area contributed by atoms with Crippen LogP contribution in [0.4, 0.5) is 0 Å². The molecular weight excluding hydrogens is 428 g/mol. The van der Waals surface area contributed by atoms with Crippen molar-refractivity contribution in [1.29, 1.82) is 0 Å². The summed E-state index contributed by atoms with van der Waals surface area (Å²) in [5.74, 6) is 2.02. The number of benzene rings is 2. The van der Waals surface area contributed by atoms with Gasteiger partial charge < -0.3 is 23.8 Å². The molecule has 0 aliphatic carbocycles. The molecule has 0 radical (unpaired) electrons. The van der Waals surface area contributed by atoms with Gasteiger partial charge in [0.1, 0.15) is 17.4 Å². The maximum Gasteiger partial charge on any atom is 0.254 e. The summed E-state index contributed by atoms with van der Waals surface area (Å²) < 4.78 is 21.8. The average Bonchev–Trinajstić information content (AvgIpc) is 3.46. The zero-order valence-corrected chi connectivity index (χ0v) is 19.0. The zero-order valence-electron chi connectivity index (χ0n) is 18.2. The smallest absolute Gasteiger partial charge is 0.254 e. The van der Waals surface area contributed by atoms with Crippen molar-refractivity contribution in [1.82, 2.24) is 9.88 Å². The number of thiazole rings is 1. The molecule has 0 unspecified atom stereocenters. The predicted molar refractivity (Wildman–Crippen MR) is 121 cm³/mol. The van der Waals surface area contributed by atoms with Crippen LogP contribution in [0.3, 0.4) is 0 Å². The van der Waals surface area contributed by atoms with E-state index in [4.69, 9.17) is 18.9 Å². The minimum absolute atomic E-state index is 0.0786. The second-order valence-electron chi connectivity index (χ2n) is 7.43. The lowest BCUT2D eigenvalue weighted by Crippen LogP contribution is -2.32. The van der Waals surface area contributed by atoms with E-state index in [0.29, 0.717) is 43.4 Å². The number of nitrogens with zero attached hydrogens (tertiary/aromatic N) is 2. The van der Waals surface area contributed by atoms with E-state index in [1.807, 2.05) is 36.6 Å². The van der Waals surface area contributed by atoms with E-state index in [0.717, 1.165) is 28.4 Å². The second kappa shape index (κ2) is 10.5. The van der Waals surface area contributed by atoms with Crippen molar-refractivity contribution in [2.45, 2.75) is 26.5 Å². The van der Waals surface area contributed by atoms with Crippen molar-refractivity contribution in [2.75, 3.05) is 27.1 Å². The van der Waals surface area contributed by atoms with Crippen molar-refractivity contribution in [3.63, 3.8) is 0 Å². The molecule has 0 saturated heterocycles. The molecule has 2 heterocycles. The average molecular weight is 455 g/mol. The third-order valence-corrected chi connectivity index (χ3v) is 5.95. The first-order chi connectivity index (χ1) is 15.6. The first-order valence-corrected chi connectivity index (χ1v) is 11.3. The summed E-state index contributed by atoms with van der Waals surface area (Å²) in [5, 5.41) is 2.85. The normalized spacial score (nSPS) is 12.1. The molecule has 0 saturated carbocycles. The number of aryl methyl sites for hydroxylation is 1. The van der Waals surface area contributed by atoms with Gasteiger partial charge in [0.25, 0.3) is 5.91 Å². The summed E-state index contributed by atoms with van der Waals surface area (Å²) >= 11 is 1.53. The summed E-state index contributed by atoms with van der Waals surface area (Å²) in [6, 6.07) is 13.2. The number of amides is 1. The van der Waals surface area contributed by atoms with E-state index < -0.39 is 0 Å². The van der Waals surface area contributed by atoms with Gasteiger partial charge in [-0.3, -0.25) is 4.79 Å². The van der Waals surface area contributed by atoms with Gasteiger partial charge in [-0.05, 0) is 43.2 Å². The second-order valence-corrected chi connectivity index (χ2v) is 8.37. The summed E-state index contributed by atoms with van der Waals surface area (Å²) in [6.45, 7) is 4.15. The molecular formula is C24H26N2O5S. The molecule has 4 rings (SSSR count). The predicted octanol–water partition coefficient (Wildman–Crippen LogP) is 4.44. The largest absolute Gasteiger partial charge is 0.486 e. The molecule has 0 N–H and O–H groups in total. The Morgan fingerprint density at radius 3 is 2.88 bits per heavy atom. The third-order valence-electron chi connectivity index (χ3n) is 5.08. The molecule has 0 atom stereocenters. The number of hydrogen-bond acceptors (Lipinski definition) is 7. The highest BCUT2D eigenvalue weighted by Gasteiger charge is 2.21. The van der Waals surface area contributed by atoms with Crippen molar-refractivity contribution < 1.29 is 23.7 Å². The van der Waals surface area contributed by atoms with Crippen molar-refractivity contribution >= 4 is 17.2 Å².